The average Bonchev–Trinajstić information content (AvgIpc) is 0.769. The first kappa shape index (κ1) is 95.1. The van der Waals surface area contributed by atoms with Crippen molar-refractivity contribution in [1.29, 1.82) is 0 Å². The molecule has 19 nitrogen and oxygen atoms in total. The van der Waals surface area contributed by atoms with Crippen molar-refractivity contribution in [3.63, 3.8) is 0 Å². The van der Waals surface area contributed by atoms with E-state index in [0.29, 0.717) is 63.8 Å². The van der Waals surface area contributed by atoms with E-state index in [-0.39, 0.29) is 96.2 Å². The normalized spacial score (nSPS) is 17.0. The number of esters is 4. The zero-order valence-electron chi connectivity index (χ0n) is 64.6. The van der Waals surface area contributed by atoms with Crippen LogP contribution in [0.3, 0.4) is 0 Å². The number of halogens is 1. The van der Waals surface area contributed by atoms with E-state index in [0.717, 1.165) is 81.2 Å². The number of Topliss-reactive ketones (excluding diaryl/α,β-unsaturated/α-hetero) is 1. The summed E-state index contributed by atoms with van der Waals surface area (Å²) < 4.78 is 19.3. The number of nitrogens with zero attached hydrogens (tertiary/aromatic N) is 2. The minimum absolute atomic E-state index is 0.0277. The molecule has 2 aliphatic carbocycles. The Hall–Kier alpha value is -5.92. The van der Waals surface area contributed by atoms with E-state index < -0.39 is 42.2 Å². The van der Waals surface area contributed by atoms with Crippen LogP contribution in [0.15, 0.2) is 60.7 Å². The molecule has 2 aromatic rings. The van der Waals surface area contributed by atoms with Gasteiger partial charge in [-0.05, 0) is 107 Å². The van der Waals surface area contributed by atoms with Crippen LogP contribution in [0.1, 0.15) is 252 Å². The number of ether oxygens (including phenoxy) is 4. The maximum absolute atomic E-state index is 14.0. The van der Waals surface area contributed by atoms with E-state index in [1.165, 1.54) is 32.6 Å². The summed E-state index contributed by atoms with van der Waals surface area (Å²) in [6.07, 6.45) is 17.4. The van der Waals surface area contributed by atoms with Crippen LogP contribution in [0.2, 0.25) is 0 Å². The molecule has 99 heavy (non-hydrogen) atoms. The lowest BCUT2D eigenvalue weighted by Crippen LogP contribution is -2.68. The molecular formula is C79H136ClN5O14. The number of alkyl halides is 1. The Labute approximate surface area is 603 Å². The molecule has 1 heterocycles. The first-order chi connectivity index (χ1) is 47.0. The predicted molar refractivity (Wildman–Crippen MR) is 398 cm³/mol. The SMILES string of the molecule is CCCCC(C(=O)CC1CCCCC1)N1C(=O)[C@H](Cc2ccccc2)NC(=O)[C@@H]1C(C)C.CCCCC(C(=O)NC1CCCCC1)N(C(=O)[C@@H](C)Cc1ccccc1)[C@H](C(=O)OCC)C(C)C.CCCl.CCO.CCOC(=O)[C@@H](C)C(C)C.CCOC(=O)[C@@H](N)C(C)C.CCOC(C)=O. The fourth-order valence-electron chi connectivity index (χ4n) is 11.7. The number of carbonyl (C=O) groups is 9. The van der Waals surface area contributed by atoms with Crippen molar-refractivity contribution in [2.24, 2.45) is 47.2 Å². The molecule has 0 bridgehead atoms. The molecule has 0 spiro atoms. The third-order valence-corrected chi connectivity index (χ3v) is 17.3. The minimum atomic E-state index is -0.806. The second-order valence-corrected chi connectivity index (χ2v) is 27.6. The highest BCUT2D eigenvalue weighted by molar-refractivity contribution is 6.17. The molecule has 1 aliphatic heterocycles. The Bertz CT molecular complexity index is 2480. The fraction of sp³-hybridized carbons (Fsp3) is 0.734. The number of rotatable bonds is 30. The van der Waals surface area contributed by atoms with Crippen LogP contribution in [-0.4, -0.2) is 149 Å². The van der Waals surface area contributed by atoms with Crippen LogP contribution < -0.4 is 16.4 Å². The van der Waals surface area contributed by atoms with E-state index in [2.05, 4.69) is 29.2 Å². The number of nitrogens with two attached hydrogens (primary N) is 1. The van der Waals surface area contributed by atoms with E-state index in [1.807, 2.05) is 144 Å². The van der Waals surface area contributed by atoms with E-state index in [9.17, 15) is 43.2 Å². The Morgan fingerprint density at radius 3 is 1.54 bits per heavy atom. The molecule has 8 atom stereocenters. The molecule has 4 amide bonds. The molecule has 568 valence electrons. The molecule has 5 rings (SSSR count). The lowest BCUT2D eigenvalue weighted by molar-refractivity contribution is -0.162. The molecule has 0 aromatic heterocycles. The Morgan fingerprint density at radius 1 is 0.636 bits per heavy atom. The molecule has 20 heteroatoms. The maximum atomic E-state index is 14.0. The topological polar surface area (TPSA) is 267 Å². The number of hydrogen-bond donors (Lipinski definition) is 4. The van der Waals surface area contributed by atoms with Gasteiger partial charge < -0.3 is 50.2 Å². The maximum Gasteiger partial charge on any atom is 0.329 e. The molecular weight excluding hydrogens is 1280 g/mol. The number of ketones is 1. The highest BCUT2D eigenvalue weighted by atomic mass is 35.5. The molecule has 3 aliphatic rings. The summed E-state index contributed by atoms with van der Waals surface area (Å²) in [6, 6.07) is 16.1. The van der Waals surface area contributed by atoms with Crippen molar-refractivity contribution in [2.75, 3.05) is 38.9 Å². The van der Waals surface area contributed by atoms with Gasteiger partial charge in [-0.15, -0.1) is 11.6 Å². The number of benzene rings is 2. The van der Waals surface area contributed by atoms with Crippen LogP contribution in [0.25, 0.3) is 0 Å². The Morgan fingerprint density at radius 2 is 1.10 bits per heavy atom. The summed E-state index contributed by atoms with van der Waals surface area (Å²) in [5.41, 5.74) is 7.54. The molecule has 3 fully saturated rings. The van der Waals surface area contributed by atoms with Gasteiger partial charge >= 0.3 is 23.9 Å². The van der Waals surface area contributed by atoms with Gasteiger partial charge in [0.1, 0.15) is 30.2 Å². The van der Waals surface area contributed by atoms with Crippen molar-refractivity contribution in [1.82, 2.24) is 20.4 Å². The number of unbranched alkanes of at least 4 members (excludes halogenated alkanes) is 2. The summed E-state index contributed by atoms with van der Waals surface area (Å²) >= 11 is 5.00. The van der Waals surface area contributed by atoms with Gasteiger partial charge in [-0.1, -0.05) is 228 Å². The Kier molecular flexibility index (Phi) is 54.5. The number of carbonyl (C=O) groups excluding carboxylic acids is 9. The Balaban J connectivity index is 0. The summed E-state index contributed by atoms with van der Waals surface area (Å²) in [7, 11) is 0. The van der Waals surface area contributed by atoms with Gasteiger partial charge in [0.15, 0.2) is 5.78 Å². The van der Waals surface area contributed by atoms with Crippen LogP contribution >= 0.6 is 11.6 Å². The quantitative estimate of drug-likeness (QED) is 0.0322. The lowest BCUT2D eigenvalue weighted by Gasteiger charge is -2.45. The van der Waals surface area contributed by atoms with Crippen molar-refractivity contribution < 1.29 is 67.2 Å². The van der Waals surface area contributed by atoms with Gasteiger partial charge in [0, 0.05) is 44.2 Å². The van der Waals surface area contributed by atoms with E-state index in [1.54, 1.807) is 37.5 Å². The number of nitrogens with one attached hydrogen (secondary N) is 2. The summed E-state index contributed by atoms with van der Waals surface area (Å²) in [6.45, 7) is 37.5. The lowest BCUT2D eigenvalue weighted by atomic mass is 9.83. The van der Waals surface area contributed by atoms with Crippen molar-refractivity contribution in [3.8, 4) is 0 Å². The van der Waals surface area contributed by atoms with Gasteiger partial charge in [0.25, 0.3) is 0 Å². The third-order valence-electron chi connectivity index (χ3n) is 17.3. The average molecular weight is 1420 g/mol. The summed E-state index contributed by atoms with van der Waals surface area (Å²) in [5, 5.41) is 13.8. The van der Waals surface area contributed by atoms with Gasteiger partial charge in [0.05, 0.1) is 38.4 Å². The zero-order valence-corrected chi connectivity index (χ0v) is 65.4. The number of amides is 4. The van der Waals surface area contributed by atoms with Gasteiger partial charge in [-0.3, -0.25) is 38.4 Å². The third kappa shape index (κ3) is 39.2. The van der Waals surface area contributed by atoms with Gasteiger partial charge in [-0.25, -0.2) is 4.79 Å². The van der Waals surface area contributed by atoms with Crippen LogP contribution in [0, 0.1) is 41.4 Å². The van der Waals surface area contributed by atoms with Crippen LogP contribution in [0.5, 0.6) is 0 Å². The molecule has 2 aromatic carbocycles. The van der Waals surface area contributed by atoms with Crippen molar-refractivity contribution >= 4 is 64.9 Å². The second-order valence-electron chi connectivity index (χ2n) is 27.1. The first-order valence-electron chi connectivity index (χ1n) is 37.4. The highest BCUT2D eigenvalue weighted by Gasteiger charge is 2.47. The number of hydrogen-bond acceptors (Lipinski definition) is 15. The van der Waals surface area contributed by atoms with Crippen molar-refractivity contribution in [3.05, 3.63) is 71.8 Å². The molecule has 5 N–H and O–H groups in total. The molecule has 2 saturated carbocycles. The smallest absolute Gasteiger partial charge is 0.329 e. The van der Waals surface area contributed by atoms with Crippen LogP contribution in [-0.2, 0) is 74.9 Å². The monoisotopic (exact) mass is 1410 g/mol. The van der Waals surface area contributed by atoms with E-state index >= 15 is 0 Å². The zero-order chi connectivity index (χ0) is 75.6. The van der Waals surface area contributed by atoms with E-state index in [4.69, 9.17) is 36.7 Å². The molecule has 2 unspecified atom stereocenters. The number of aliphatic hydroxyl groups is 1. The predicted octanol–water partition coefficient (Wildman–Crippen LogP) is 14.2. The number of piperazine rings is 1. The highest BCUT2D eigenvalue weighted by Crippen LogP contribution is 2.32. The van der Waals surface area contributed by atoms with Crippen LogP contribution in [0.4, 0.5) is 0 Å². The number of aliphatic hydroxyl groups excluding tert-OH is 1. The minimum Gasteiger partial charge on any atom is -0.466 e. The largest absolute Gasteiger partial charge is 0.466 e. The summed E-state index contributed by atoms with van der Waals surface area (Å²) in [4.78, 5) is 116. The standard InChI is InChI=1S/C29H46N2O4.C27H40N2O3.C8H16O2.C7H15NO2.C4H8O2.C2H5Cl.C2H6O/c1-6-8-19-25(27(32)30-24-17-13-10-14-18-24)31(26(21(3)4)29(34)35-7-2)28(33)22(5)20-23-15-11-9-12-16-23;1-4-5-16-23(24(30)18-21-14-10-7-11-15-21)29-25(19(2)3)26(31)28-22(27(29)32)17-20-12-8-6-9-13-20;1-5-10-8(9)7(4)6(2)3;1-4-10-7(9)6(8)5(2)3;1-3-6-4(2)5;2*1-2-3/h9,11-12,15-16,21-22,24-26H,6-8,10,13-14,17-20H2,1-5H3,(H,30,32);6,8-9,12-13,19,21-23,25H,4-5,7,10-11,14-18H2,1-3H3,(H,28,31);6-7H,5H2,1-4H3;5-6H,4,8H2,1-3H3;3H2,1-2H3;2H2,1H3;3H,2H2,1H3/t22-,25?,26-;22-,23?,25-;7-;6-;;;/m0000.../s1. The fourth-order valence-corrected chi connectivity index (χ4v) is 11.7. The first-order valence-corrected chi connectivity index (χ1v) is 37.9. The summed E-state index contributed by atoms with van der Waals surface area (Å²) in [5.74, 6) is -0.347. The van der Waals surface area contributed by atoms with Gasteiger partial charge in [-0.2, -0.15) is 0 Å². The van der Waals surface area contributed by atoms with Gasteiger partial charge in [0.2, 0.25) is 23.6 Å². The molecule has 0 radical (unpaired) electrons. The van der Waals surface area contributed by atoms with Crippen molar-refractivity contribution in [2.45, 2.75) is 296 Å². The second kappa shape index (κ2) is 56.7. The molecule has 1 saturated heterocycles.